The van der Waals surface area contributed by atoms with E-state index in [0.29, 0.717) is 35.0 Å². The number of thiazole rings is 1. The van der Waals surface area contributed by atoms with E-state index in [1.807, 2.05) is 0 Å². The van der Waals surface area contributed by atoms with Gasteiger partial charge in [0, 0.05) is 19.2 Å². The van der Waals surface area contributed by atoms with E-state index in [4.69, 9.17) is 11.5 Å². The number of aliphatic hydroxyl groups excluding tert-OH is 1. The summed E-state index contributed by atoms with van der Waals surface area (Å²) >= 11 is 1.21. The van der Waals surface area contributed by atoms with Gasteiger partial charge in [-0.1, -0.05) is 30.4 Å². The molecule has 13 heteroatoms. The van der Waals surface area contributed by atoms with E-state index in [1.165, 1.54) is 36.6 Å². The van der Waals surface area contributed by atoms with Gasteiger partial charge < -0.3 is 37.2 Å². The minimum absolute atomic E-state index is 0.0622. The molecule has 1 aliphatic heterocycles. The first-order valence-corrected chi connectivity index (χ1v) is 12.6. The highest BCUT2D eigenvalue weighted by molar-refractivity contribution is 7.15. The van der Waals surface area contributed by atoms with Crippen LogP contribution in [0.1, 0.15) is 37.1 Å². The Balaban J connectivity index is 1.70. The molecule has 2 aromatic rings. The molecule has 2 heterocycles. The number of hydrogen-bond acceptors (Lipinski definition) is 9. The molecular weight excluding hydrogens is 500 g/mol. The molecule has 200 valence electrons. The summed E-state index contributed by atoms with van der Waals surface area (Å²) in [4.78, 5) is 57.3. The third kappa shape index (κ3) is 6.00. The zero-order chi connectivity index (χ0) is 27.3. The topological polar surface area (TPSA) is 201 Å². The number of aromatic nitrogens is 1. The molecule has 1 fully saturated rings. The molecule has 4 amide bonds. The summed E-state index contributed by atoms with van der Waals surface area (Å²) < 4.78 is 0. The van der Waals surface area contributed by atoms with Gasteiger partial charge in [-0.2, -0.15) is 0 Å². The van der Waals surface area contributed by atoms with E-state index in [0.717, 1.165) is 0 Å². The molecule has 0 spiro atoms. The zero-order valence-corrected chi connectivity index (χ0v) is 21.5. The highest BCUT2D eigenvalue weighted by atomic mass is 32.1. The van der Waals surface area contributed by atoms with Crippen molar-refractivity contribution in [3.63, 3.8) is 0 Å². The van der Waals surface area contributed by atoms with Crippen molar-refractivity contribution in [3.8, 4) is 5.75 Å². The average molecular weight is 533 g/mol. The normalized spacial score (nSPS) is 19.6. The zero-order valence-electron chi connectivity index (χ0n) is 20.6. The van der Waals surface area contributed by atoms with Gasteiger partial charge in [0.25, 0.3) is 0 Å². The van der Waals surface area contributed by atoms with E-state index >= 15 is 0 Å². The highest BCUT2D eigenvalue weighted by Crippen LogP contribution is 2.41. The van der Waals surface area contributed by atoms with Gasteiger partial charge in [0.05, 0.1) is 17.4 Å². The van der Waals surface area contributed by atoms with Crippen LogP contribution in [0.15, 0.2) is 30.5 Å². The Labute approximate surface area is 218 Å². The van der Waals surface area contributed by atoms with Gasteiger partial charge in [-0.25, -0.2) is 4.98 Å². The molecule has 1 aromatic carbocycles. The average Bonchev–Trinajstić information content (AvgIpc) is 3.51. The molecule has 3 rings (SSSR count). The number of aromatic hydroxyl groups is 1. The van der Waals surface area contributed by atoms with Crippen LogP contribution in [-0.2, 0) is 32.2 Å². The van der Waals surface area contributed by atoms with Crippen molar-refractivity contribution < 1.29 is 29.4 Å². The first-order valence-electron chi connectivity index (χ1n) is 11.8. The van der Waals surface area contributed by atoms with E-state index in [1.54, 1.807) is 24.0 Å². The molecular formula is C24H32N6O6S. The van der Waals surface area contributed by atoms with Crippen LogP contribution in [0.2, 0.25) is 0 Å². The van der Waals surface area contributed by atoms with Crippen molar-refractivity contribution in [3.05, 3.63) is 40.9 Å². The van der Waals surface area contributed by atoms with Gasteiger partial charge in [0.2, 0.25) is 23.6 Å². The van der Waals surface area contributed by atoms with Crippen LogP contribution in [0.5, 0.6) is 5.75 Å². The number of aliphatic hydroxyl groups is 1. The number of hydrogen-bond donors (Lipinski definition) is 6. The van der Waals surface area contributed by atoms with E-state index in [9.17, 15) is 29.4 Å². The maximum atomic E-state index is 13.2. The molecule has 1 aromatic heterocycles. The van der Waals surface area contributed by atoms with Crippen LogP contribution in [0.3, 0.4) is 0 Å². The predicted molar refractivity (Wildman–Crippen MR) is 136 cm³/mol. The molecule has 0 radical (unpaired) electrons. The predicted octanol–water partition coefficient (Wildman–Crippen LogP) is -0.481. The molecule has 1 saturated heterocycles. The fraction of sp³-hybridized carbons (Fsp3) is 0.458. The molecule has 12 nitrogen and oxygen atoms in total. The summed E-state index contributed by atoms with van der Waals surface area (Å²) in [6, 6.07) is 4.03. The Kier molecular flexibility index (Phi) is 8.71. The number of benzene rings is 1. The fourth-order valence-corrected chi connectivity index (χ4v) is 5.40. The molecule has 0 aliphatic carbocycles. The lowest BCUT2D eigenvalue weighted by Crippen LogP contribution is -2.63. The molecule has 37 heavy (non-hydrogen) atoms. The van der Waals surface area contributed by atoms with Crippen LogP contribution in [0.25, 0.3) is 0 Å². The lowest BCUT2D eigenvalue weighted by Gasteiger charge is -2.39. The number of phenols is 1. The summed E-state index contributed by atoms with van der Waals surface area (Å²) in [7, 11) is 0. The van der Waals surface area contributed by atoms with Crippen LogP contribution < -0.4 is 27.0 Å². The Morgan fingerprint density at radius 1 is 1.14 bits per heavy atom. The van der Waals surface area contributed by atoms with Crippen LogP contribution >= 0.6 is 11.3 Å². The van der Waals surface area contributed by atoms with Gasteiger partial charge in [-0.05, 0) is 37.5 Å². The molecule has 0 saturated carbocycles. The third-order valence-corrected chi connectivity index (χ3v) is 7.68. The number of carbonyl (C=O) groups is 4. The fourth-order valence-electron chi connectivity index (χ4n) is 4.53. The minimum atomic E-state index is -1.36. The summed E-state index contributed by atoms with van der Waals surface area (Å²) in [6.45, 7) is 3.28. The van der Waals surface area contributed by atoms with Gasteiger partial charge in [0.15, 0.2) is 5.13 Å². The SMILES string of the molecule is C[C@H](NC(=O)[C@@H](C)C1(C(N)=O)CCCN1c1ncc(CO)s1)C(=O)N[C@@H](Cc1ccc(O)cc1)C(N)=O. The van der Waals surface area contributed by atoms with Gasteiger partial charge in [-0.15, -0.1) is 0 Å². The maximum Gasteiger partial charge on any atom is 0.244 e. The van der Waals surface area contributed by atoms with Gasteiger partial charge in [0.1, 0.15) is 23.4 Å². The van der Waals surface area contributed by atoms with Crippen LogP contribution in [0, 0.1) is 5.92 Å². The Morgan fingerprint density at radius 2 is 1.81 bits per heavy atom. The molecule has 1 unspecified atom stereocenters. The minimum Gasteiger partial charge on any atom is -0.508 e. The summed E-state index contributed by atoms with van der Waals surface area (Å²) in [6.07, 6.45) is 2.53. The molecule has 0 bridgehead atoms. The number of nitrogens with two attached hydrogens (primary N) is 2. The number of carbonyl (C=O) groups excluding carboxylic acids is 4. The molecule has 1 aliphatic rings. The number of phenolic OH excluding ortho intramolecular Hbond substituents is 1. The Bertz CT molecular complexity index is 1150. The first kappa shape index (κ1) is 27.9. The van der Waals surface area contributed by atoms with Crippen molar-refractivity contribution in [1.29, 1.82) is 0 Å². The maximum absolute atomic E-state index is 13.2. The number of nitrogens with zero attached hydrogens (tertiary/aromatic N) is 2. The van der Waals surface area contributed by atoms with Crippen molar-refractivity contribution >= 4 is 40.1 Å². The Morgan fingerprint density at radius 3 is 2.38 bits per heavy atom. The number of primary amides is 2. The van der Waals surface area contributed by atoms with Crippen LogP contribution in [-0.4, -0.2) is 63.0 Å². The van der Waals surface area contributed by atoms with Crippen LogP contribution in [0.4, 0.5) is 5.13 Å². The quantitative estimate of drug-likeness (QED) is 0.223. The summed E-state index contributed by atoms with van der Waals surface area (Å²) in [5, 5.41) is 24.4. The largest absolute Gasteiger partial charge is 0.508 e. The third-order valence-electron chi connectivity index (χ3n) is 6.67. The number of amides is 4. The highest BCUT2D eigenvalue weighted by Gasteiger charge is 2.54. The van der Waals surface area contributed by atoms with Crippen molar-refractivity contribution in [2.24, 2.45) is 17.4 Å². The summed E-state index contributed by atoms with van der Waals surface area (Å²) in [5.41, 5.74) is 10.6. The summed E-state index contributed by atoms with van der Waals surface area (Å²) in [5.74, 6) is -3.52. The lowest BCUT2D eigenvalue weighted by molar-refractivity contribution is -0.136. The molecule has 8 N–H and O–H groups in total. The second-order valence-corrected chi connectivity index (χ2v) is 10.2. The number of anilines is 1. The molecule has 4 atom stereocenters. The Hall–Kier alpha value is -3.71. The lowest BCUT2D eigenvalue weighted by atomic mass is 9.81. The monoisotopic (exact) mass is 532 g/mol. The van der Waals surface area contributed by atoms with Crippen molar-refractivity contribution in [1.82, 2.24) is 15.6 Å². The second kappa shape index (κ2) is 11.6. The van der Waals surface area contributed by atoms with Gasteiger partial charge >= 0.3 is 0 Å². The van der Waals surface area contributed by atoms with E-state index in [2.05, 4.69) is 15.6 Å². The van der Waals surface area contributed by atoms with Crippen molar-refractivity contribution in [2.75, 3.05) is 11.4 Å². The van der Waals surface area contributed by atoms with Gasteiger partial charge in [-0.3, -0.25) is 19.2 Å². The standard InChI is InChI=1S/C24H32N6O6S/c1-13(24(22(26)36)8-3-9-30(24)23-27-11-17(12-31)37-23)20(34)28-14(2)21(35)29-18(19(25)33)10-15-4-6-16(32)7-5-15/h4-7,11,13-14,18,31-32H,3,8-10,12H2,1-2H3,(H2,25,33)(H2,26,36)(H,28,34)(H,29,35)/t13-,14+,18+,24?/m1/s1. The number of rotatable bonds is 11. The van der Waals surface area contributed by atoms with E-state index < -0.39 is 47.2 Å². The smallest absolute Gasteiger partial charge is 0.244 e. The first-order chi connectivity index (χ1) is 17.5. The van der Waals surface area contributed by atoms with Crippen molar-refractivity contribution in [2.45, 2.75) is 57.3 Å². The number of nitrogens with one attached hydrogen (secondary N) is 2. The van der Waals surface area contributed by atoms with E-state index in [-0.39, 0.29) is 18.8 Å². The second-order valence-electron chi connectivity index (χ2n) is 9.10.